The highest BCUT2D eigenvalue weighted by atomic mass is 79.9. The molecule has 0 N–H and O–H groups in total. The molecule has 1 aliphatic heterocycles. The third-order valence-electron chi connectivity index (χ3n) is 9.40. The number of hydrogen-bond donors (Lipinski definition) is 0. The molecule has 0 radical (unpaired) electrons. The van der Waals surface area contributed by atoms with Gasteiger partial charge in [-0.05, 0) is 93.0 Å². The van der Waals surface area contributed by atoms with Gasteiger partial charge in [0.05, 0.1) is 34.3 Å². The fourth-order valence-electron chi connectivity index (χ4n) is 7.37. The van der Waals surface area contributed by atoms with Gasteiger partial charge in [-0.2, -0.15) is 0 Å². The first kappa shape index (κ1) is 28.9. The number of anilines is 1. The number of nitrogens with zero attached hydrogens (tertiary/aromatic N) is 2. The minimum Gasteiger partial charge on any atom is -0.451 e. The number of aromatic nitrogens is 1. The van der Waals surface area contributed by atoms with Gasteiger partial charge in [-0.15, -0.1) is 0 Å². The summed E-state index contributed by atoms with van der Waals surface area (Å²) in [5.41, 5.74) is 3.84. The van der Waals surface area contributed by atoms with Gasteiger partial charge < -0.3 is 4.74 Å². The second-order valence-electron chi connectivity index (χ2n) is 12.0. The molecule has 2 heterocycles. The van der Waals surface area contributed by atoms with Crippen LogP contribution in [0.1, 0.15) is 52.5 Å². The number of rotatable bonds is 6. The molecule has 9 heteroatoms. The lowest BCUT2D eigenvalue weighted by atomic mass is 9.81. The molecule has 2 bridgehead atoms. The Morgan fingerprint density at radius 3 is 2.32 bits per heavy atom. The van der Waals surface area contributed by atoms with Gasteiger partial charge in [0, 0.05) is 26.0 Å². The Labute approximate surface area is 267 Å². The summed E-state index contributed by atoms with van der Waals surface area (Å²) in [6.45, 7) is 3.44. The summed E-state index contributed by atoms with van der Waals surface area (Å²) in [7, 11) is 0. The Kier molecular flexibility index (Phi) is 7.17. The van der Waals surface area contributed by atoms with Gasteiger partial charge in [-0.3, -0.25) is 19.3 Å². The number of esters is 1. The predicted molar refractivity (Wildman–Crippen MR) is 171 cm³/mol. The molecule has 2 aliphatic carbocycles. The molecule has 2 amide bonds. The quantitative estimate of drug-likeness (QED) is 0.119. The van der Waals surface area contributed by atoms with Gasteiger partial charge in [0.2, 0.25) is 17.6 Å². The molecule has 4 aromatic rings. The van der Waals surface area contributed by atoms with Crippen molar-refractivity contribution in [1.29, 1.82) is 0 Å². The van der Waals surface area contributed by atoms with Crippen LogP contribution in [0.5, 0.6) is 0 Å². The second-order valence-corrected chi connectivity index (χ2v) is 13.4. The molecule has 0 spiro atoms. The monoisotopic (exact) mass is 670 g/mol. The summed E-state index contributed by atoms with van der Waals surface area (Å²) in [5.74, 6) is -0.942. The molecule has 7 rings (SSSR count). The molecule has 222 valence electrons. The van der Waals surface area contributed by atoms with Crippen LogP contribution in [0, 0.1) is 30.6 Å². The normalized spacial score (nSPS) is 22.9. The van der Waals surface area contributed by atoms with Crippen molar-refractivity contribution in [3.63, 3.8) is 0 Å². The van der Waals surface area contributed by atoms with Crippen LogP contribution in [-0.4, -0.2) is 34.7 Å². The van der Waals surface area contributed by atoms with E-state index in [1.807, 2.05) is 13.0 Å². The first-order chi connectivity index (χ1) is 21.1. The van der Waals surface area contributed by atoms with Crippen LogP contribution in [0.15, 0.2) is 71.2 Å². The third-order valence-corrected chi connectivity index (χ3v) is 10.1. The summed E-state index contributed by atoms with van der Waals surface area (Å²) < 4.78 is 6.46. The van der Waals surface area contributed by atoms with E-state index < -0.39 is 12.1 Å². The Bertz CT molecular complexity index is 1860. The maximum Gasteiger partial charge on any atom is 0.339 e. The lowest BCUT2D eigenvalue weighted by molar-refractivity contribution is -0.123. The fraction of sp³-hybridized carbons (Fsp3) is 0.286. The molecule has 3 fully saturated rings. The van der Waals surface area contributed by atoms with Crippen LogP contribution in [-0.2, 0) is 14.3 Å². The topological polar surface area (TPSA) is 93.6 Å². The van der Waals surface area contributed by atoms with Crippen molar-refractivity contribution in [3.8, 4) is 11.3 Å². The molecule has 7 nitrogen and oxygen atoms in total. The standard InChI is InChI=1S/C35H28BrClN2O5/c1-17-12-23(36)15-26-27(35(43)44-18(2)32(40)22-4-3-5-24(37)14-22)16-28(38-31(17)26)19-8-10-25(11-9-19)39-33(41)29-20-6-7-21(13-20)30(29)34(39)42/h3-5,8-12,14-16,18,20-21,29-30H,6-7,13H2,1-2H3. The van der Waals surface area contributed by atoms with Gasteiger partial charge in [0.15, 0.2) is 6.10 Å². The summed E-state index contributed by atoms with van der Waals surface area (Å²) in [4.78, 5) is 59.5. The van der Waals surface area contributed by atoms with E-state index in [-0.39, 0.29) is 35.0 Å². The first-order valence-electron chi connectivity index (χ1n) is 14.7. The second kappa shape index (κ2) is 10.9. The Morgan fingerprint density at radius 1 is 0.977 bits per heavy atom. The maximum atomic E-state index is 13.6. The number of pyridine rings is 1. The van der Waals surface area contributed by atoms with Crippen molar-refractivity contribution < 1.29 is 23.9 Å². The minimum atomic E-state index is -1.05. The number of ketones is 1. The van der Waals surface area contributed by atoms with E-state index >= 15 is 0 Å². The number of benzene rings is 3. The highest BCUT2D eigenvalue weighted by molar-refractivity contribution is 9.10. The van der Waals surface area contributed by atoms with Crippen LogP contribution in [0.4, 0.5) is 5.69 Å². The van der Waals surface area contributed by atoms with E-state index in [1.165, 1.54) is 17.9 Å². The number of fused-ring (bicyclic) bond motifs is 6. The van der Waals surface area contributed by atoms with Crippen molar-refractivity contribution in [3.05, 3.63) is 92.9 Å². The SMILES string of the molecule is Cc1cc(Br)cc2c(C(=O)OC(C)C(=O)c3cccc(Cl)c3)cc(-c3ccc(N4C(=O)C5C6CCC(C6)C5C4=O)cc3)nc12. The molecular weight excluding hydrogens is 644 g/mol. The summed E-state index contributed by atoms with van der Waals surface area (Å²) in [6, 6.07) is 19.0. The average Bonchev–Trinajstić information content (AvgIpc) is 3.69. The highest BCUT2D eigenvalue weighted by Crippen LogP contribution is 2.56. The molecule has 3 aromatic carbocycles. The van der Waals surface area contributed by atoms with E-state index in [2.05, 4.69) is 15.9 Å². The van der Waals surface area contributed by atoms with Gasteiger partial charge in [0.1, 0.15) is 0 Å². The lowest BCUT2D eigenvalue weighted by Gasteiger charge is -2.19. The van der Waals surface area contributed by atoms with E-state index in [0.29, 0.717) is 50.3 Å². The predicted octanol–water partition coefficient (Wildman–Crippen LogP) is 7.59. The molecular formula is C35H28BrClN2O5. The van der Waals surface area contributed by atoms with E-state index in [1.54, 1.807) is 54.6 Å². The lowest BCUT2D eigenvalue weighted by Crippen LogP contribution is -2.32. The summed E-state index contributed by atoms with van der Waals surface area (Å²) >= 11 is 9.57. The highest BCUT2D eigenvalue weighted by Gasteiger charge is 2.61. The van der Waals surface area contributed by atoms with Crippen molar-refractivity contribution in [2.45, 2.75) is 39.2 Å². The average molecular weight is 672 g/mol. The Hall–Kier alpha value is -3.88. The van der Waals surface area contributed by atoms with Crippen molar-refractivity contribution >= 4 is 67.7 Å². The number of ether oxygens (including phenoxy) is 1. The zero-order chi connectivity index (χ0) is 30.9. The molecule has 44 heavy (non-hydrogen) atoms. The van der Waals surface area contributed by atoms with Crippen LogP contribution in [0.25, 0.3) is 22.2 Å². The van der Waals surface area contributed by atoms with Crippen molar-refractivity contribution in [1.82, 2.24) is 4.98 Å². The van der Waals surface area contributed by atoms with Crippen LogP contribution in [0.2, 0.25) is 5.02 Å². The minimum absolute atomic E-state index is 0.0866. The number of aryl methyl sites for hydroxylation is 1. The molecule has 2 saturated carbocycles. The molecule has 1 saturated heterocycles. The zero-order valence-electron chi connectivity index (χ0n) is 24.1. The summed E-state index contributed by atoms with van der Waals surface area (Å²) in [5, 5.41) is 0.998. The molecule has 1 aromatic heterocycles. The van der Waals surface area contributed by atoms with E-state index in [9.17, 15) is 19.2 Å². The van der Waals surface area contributed by atoms with E-state index in [4.69, 9.17) is 21.3 Å². The Morgan fingerprint density at radius 2 is 1.66 bits per heavy atom. The van der Waals surface area contributed by atoms with Gasteiger partial charge in [0.25, 0.3) is 0 Å². The summed E-state index contributed by atoms with van der Waals surface area (Å²) in [6.07, 6.45) is 1.99. The Balaban J connectivity index is 1.20. The number of hydrogen-bond acceptors (Lipinski definition) is 6. The van der Waals surface area contributed by atoms with Crippen LogP contribution < -0.4 is 4.90 Å². The maximum absolute atomic E-state index is 13.6. The number of Topliss-reactive ketones (excluding diaryl/α,β-unsaturated/α-hetero) is 1. The van der Waals surface area contributed by atoms with Crippen LogP contribution >= 0.6 is 27.5 Å². The van der Waals surface area contributed by atoms with E-state index in [0.717, 1.165) is 29.3 Å². The van der Waals surface area contributed by atoms with Gasteiger partial charge in [-0.25, -0.2) is 9.78 Å². The molecule has 5 unspecified atom stereocenters. The third kappa shape index (κ3) is 4.75. The number of halogens is 2. The number of carbonyl (C=O) groups excluding carboxylic acids is 4. The zero-order valence-corrected chi connectivity index (χ0v) is 26.4. The largest absolute Gasteiger partial charge is 0.451 e. The van der Waals surface area contributed by atoms with Crippen LogP contribution in [0.3, 0.4) is 0 Å². The number of imide groups is 1. The molecule has 3 aliphatic rings. The van der Waals surface area contributed by atoms with Gasteiger partial charge in [-0.1, -0.05) is 51.8 Å². The number of carbonyl (C=O) groups is 4. The van der Waals surface area contributed by atoms with Crippen molar-refractivity contribution in [2.75, 3.05) is 4.90 Å². The smallest absolute Gasteiger partial charge is 0.339 e. The number of amides is 2. The first-order valence-corrected chi connectivity index (χ1v) is 15.9. The van der Waals surface area contributed by atoms with Gasteiger partial charge >= 0.3 is 5.97 Å². The molecule has 5 atom stereocenters. The fourth-order valence-corrected chi connectivity index (χ4v) is 8.13. The van der Waals surface area contributed by atoms with Crippen molar-refractivity contribution in [2.24, 2.45) is 23.7 Å².